The molecule has 2 aliphatic heterocycles. The molecule has 6 heteroatoms. The van der Waals surface area contributed by atoms with Gasteiger partial charge in [0.15, 0.2) is 5.11 Å². The van der Waals surface area contributed by atoms with Crippen molar-refractivity contribution in [2.45, 2.75) is 31.8 Å². The summed E-state index contributed by atoms with van der Waals surface area (Å²) in [6.45, 7) is 2.61. The number of para-hydroxylation sites is 1. The molecule has 1 aromatic heterocycles. The predicted octanol–water partition coefficient (Wildman–Crippen LogP) is 3.63. The van der Waals surface area contributed by atoms with Gasteiger partial charge in [0.25, 0.3) is 0 Å². The fourth-order valence-electron chi connectivity index (χ4n) is 3.58. The van der Waals surface area contributed by atoms with Crippen LogP contribution in [0.4, 0.5) is 17.2 Å². The van der Waals surface area contributed by atoms with Crippen molar-refractivity contribution in [3.8, 4) is 0 Å². The standard InChI is InChI=1S/C20H24N4OS/c26-20(22-14-17-7-4-12-25-17)23-16-9-10-19(21-13-16)24-11-3-6-15-5-1-2-8-18(15)24/h1-2,5,8-10,13,17H,3-4,6-7,11-12,14H2,(H2,22,23,26)/t17-/m0/s1. The summed E-state index contributed by atoms with van der Waals surface area (Å²) in [5.74, 6) is 0.973. The predicted molar refractivity (Wildman–Crippen MR) is 109 cm³/mol. The number of fused-ring (bicyclic) bond motifs is 1. The third-order valence-electron chi connectivity index (χ3n) is 4.91. The second-order valence-corrected chi connectivity index (χ2v) is 7.17. The molecule has 2 aliphatic rings. The van der Waals surface area contributed by atoms with Crippen LogP contribution in [0.3, 0.4) is 0 Å². The smallest absolute Gasteiger partial charge is 0.170 e. The molecule has 0 saturated carbocycles. The van der Waals surface area contributed by atoms with Crippen molar-refractivity contribution in [2.75, 3.05) is 29.9 Å². The summed E-state index contributed by atoms with van der Waals surface area (Å²) < 4.78 is 5.60. The number of thiocarbonyl (C=S) groups is 1. The van der Waals surface area contributed by atoms with Crippen LogP contribution >= 0.6 is 12.2 Å². The van der Waals surface area contributed by atoms with Gasteiger partial charge < -0.3 is 20.3 Å². The summed E-state index contributed by atoms with van der Waals surface area (Å²) >= 11 is 5.36. The molecule has 0 radical (unpaired) electrons. The van der Waals surface area contributed by atoms with Crippen LogP contribution in [0.2, 0.25) is 0 Å². The number of pyridine rings is 1. The Kier molecular flexibility index (Phi) is 5.32. The number of ether oxygens (including phenoxy) is 1. The molecule has 3 heterocycles. The largest absolute Gasteiger partial charge is 0.376 e. The maximum Gasteiger partial charge on any atom is 0.170 e. The first-order valence-electron chi connectivity index (χ1n) is 9.27. The van der Waals surface area contributed by atoms with E-state index in [1.807, 2.05) is 18.3 Å². The number of nitrogens with zero attached hydrogens (tertiary/aromatic N) is 2. The number of hydrogen-bond donors (Lipinski definition) is 2. The molecule has 2 aromatic rings. The monoisotopic (exact) mass is 368 g/mol. The van der Waals surface area contributed by atoms with E-state index in [0.29, 0.717) is 5.11 Å². The van der Waals surface area contributed by atoms with Gasteiger partial charge in [-0.2, -0.15) is 0 Å². The molecule has 2 N–H and O–H groups in total. The topological polar surface area (TPSA) is 49.4 Å². The normalized spacial score (nSPS) is 19.1. The Labute approximate surface area is 159 Å². The van der Waals surface area contributed by atoms with Gasteiger partial charge in [0, 0.05) is 25.4 Å². The van der Waals surface area contributed by atoms with Crippen LogP contribution in [-0.2, 0) is 11.2 Å². The van der Waals surface area contributed by atoms with Crippen LogP contribution in [-0.4, -0.2) is 35.9 Å². The summed E-state index contributed by atoms with van der Waals surface area (Å²) in [6.07, 6.45) is 6.63. The quantitative estimate of drug-likeness (QED) is 0.804. The van der Waals surface area contributed by atoms with Gasteiger partial charge in [-0.1, -0.05) is 18.2 Å². The number of aromatic nitrogens is 1. The summed E-state index contributed by atoms with van der Waals surface area (Å²) in [4.78, 5) is 6.93. The molecule has 0 amide bonds. The minimum Gasteiger partial charge on any atom is -0.376 e. The van der Waals surface area contributed by atoms with Gasteiger partial charge in [-0.3, -0.25) is 0 Å². The third kappa shape index (κ3) is 3.97. The van der Waals surface area contributed by atoms with Gasteiger partial charge in [-0.25, -0.2) is 4.98 Å². The van der Waals surface area contributed by atoms with Gasteiger partial charge in [0.05, 0.1) is 18.0 Å². The SMILES string of the molecule is S=C(NC[C@@H]1CCCO1)Nc1ccc(N2CCCc3ccccc32)nc1. The van der Waals surface area contributed by atoms with E-state index in [2.05, 4.69) is 44.8 Å². The lowest BCUT2D eigenvalue weighted by Crippen LogP contribution is -2.34. The lowest BCUT2D eigenvalue weighted by molar-refractivity contribution is 0.114. The maximum atomic E-state index is 5.60. The van der Waals surface area contributed by atoms with Gasteiger partial charge in [-0.15, -0.1) is 0 Å². The highest BCUT2D eigenvalue weighted by molar-refractivity contribution is 7.80. The Balaban J connectivity index is 1.37. The summed E-state index contributed by atoms with van der Waals surface area (Å²) in [6, 6.07) is 12.6. The number of benzene rings is 1. The lowest BCUT2D eigenvalue weighted by Gasteiger charge is -2.30. The first-order chi connectivity index (χ1) is 12.8. The molecule has 26 heavy (non-hydrogen) atoms. The van der Waals surface area contributed by atoms with Crippen LogP contribution in [0.25, 0.3) is 0 Å². The van der Waals surface area contributed by atoms with E-state index in [1.54, 1.807) is 0 Å². The van der Waals surface area contributed by atoms with E-state index in [4.69, 9.17) is 17.0 Å². The third-order valence-corrected chi connectivity index (χ3v) is 5.15. The molecular formula is C20H24N4OS. The zero-order valence-electron chi connectivity index (χ0n) is 14.8. The Hall–Kier alpha value is -2.18. The highest BCUT2D eigenvalue weighted by Gasteiger charge is 2.18. The van der Waals surface area contributed by atoms with Crippen molar-refractivity contribution in [1.29, 1.82) is 0 Å². The first-order valence-corrected chi connectivity index (χ1v) is 9.68. The van der Waals surface area contributed by atoms with E-state index in [9.17, 15) is 0 Å². The Morgan fingerprint density at radius 1 is 1.23 bits per heavy atom. The Morgan fingerprint density at radius 2 is 2.15 bits per heavy atom. The Morgan fingerprint density at radius 3 is 2.96 bits per heavy atom. The van der Waals surface area contributed by atoms with E-state index >= 15 is 0 Å². The van der Waals surface area contributed by atoms with E-state index in [1.165, 1.54) is 11.3 Å². The van der Waals surface area contributed by atoms with Crippen molar-refractivity contribution in [1.82, 2.24) is 10.3 Å². The fraction of sp³-hybridized carbons (Fsp3) is 0.400. The van der Waals surface area contributed by atoms with Crippen molar-refractivity contribution in [3.63, 3.8) is 0 Å². The summed E-state index contributed by atoms with van der Waals surface area (Å²) in [5, 5.41) is 7.03. The lowest BCUT2D eigenvalue weighted by atomic mass is 10.0. The van der Waals surface area contributed by atoms with Gasteiger partial charge in [0.2, 0.25) is 0 Å². The van der Waals surface area contributed by atoms with Gasteiger partial charge in [0.1, 0.15) is 5.82 Å². The van der Waals surface area contributed by atoms with E-state index in [-0.39, 0.29) is 6.10 Å². The van der Waals surface area contributed by atoms with Crippen molar-refractivity contribution >= 4 is 34.5 Å². The molecule has 1 saturated heterocycles. The van der Waals surface area contributed by atoms with Crippen LogP contribution in [0.15, 0.2) is 42.6 Å². The zero-order valence-corrected chi connectivity index (χ0v) is 15.6. The second kappa shape index (κ2) is 8.01. The molecule has 1 atom stereocenters. The number of aryl methyl sites for hydroxylation is 1. The average Bonchev–Trinajstić information content (AvgIpc) is 3.20. The van der Waals surface area contributed by atoms with Crippen LogP contribution < -0.4 is 15.5 Å². The highest BCUT2D eigenvalue weighted by Crippen LogP contribution is 2.32. The van der Waals surface area contributed by atoms with Crippen molar-refractivity contribution in [2.24, 2.45) is 0 Å². The van der Waals surface area contributed by atoms with E-state index < -0.39 is 0 Å². The van der Waals surface area contributed by atoms with Crippen LogP contribution in [0.1, 0.15) is 24.8 Å². The summed E-state index contributed by atoms with van der Waals surface area (Å²) in [7, 11) is 0. The Bertz CT molecular complexity index is 759. The van der Waals surface area contributed by atoms with Crippen molar-refractivity contribution < 1.29 is 4.74 Å². The molecule has 0 aliphatic carbocycles. The summed E-state index contributed by atoms with van der Waals surface area (Å²) in [5.41, 5.74) is 3.55. The number of nitrogens with one attached hydrogen (secondary N) is 2. The van der Waals surface area contributed by atoms with Crippen LogP contribution in [0, 0.1) is 0 Å². The van der Waals surface area contributed by atoms with E-state index in [0.717, 1.165) is 56.9 Å². The number of rotatable bonds is 4. The van der Waals surface area contributed by atoms with Gasteiger partial charge >= 0.3 is 0 Å². The van der Waals surface area contributed by atoms with Crippen molar-refractivity contribution in [3.05, 3.63) is 48.2 Å². The second-order valence-electron chi connectivity index (χ2n) is 6.76. The minimum absolute atomic E-state index is 0.273. The number of hydrogen-bond acceptors (Lipinski definition) is 4. The fourth-order valence-corrected chi connectivity index (χ4v) is 3.78. The molecule has 1 aromatic carbocycles. The molecule has 136 valence electrons. The molecule has 0 bridgehead atoms. The molecule has 1 fully saturated rings. The molecular weight excluding hydrogens is 344 g/mol. The molecule has 0 unspecified atom stereocenters. The minimum atomic E-state index is 0.273. The maximum absolute atomic E-state index is 5.60. The zero-order chi connectivity index (χ0) is 17.8. The number of anilines is 3. The highest BCUT2D eigenvalue weighted by atomic mass is 32.1. The average molecular weight is 369 g/mol. The molecule has 0 spiro atoms. The van der Waals surface area contributed by atoms with Crippen LogP contribution in [0.5, 0.6) is 0 Å². The molecule has 4 rings (SSSR count). The van der Waals surface area contributed by atoms with Gasteiger partial charge in [-0.05, 0) is 61.7 Å². The first kappa shape index (κ1) is 17.2. The molecule has 5 nitrogen and oxygen atoms in total.